The lowest BCUT2D eigenvalue weighted by Crippen LogP contribution is -2.25. The number of nitrogens with zero attached hydrogens (tertiary/aromatic N) is 2. The summed E-state index contributed by atoms with van der Waals surface area (Å²) in [6.45, 7) is 4.13. The third-order valence-corrected chi connectivity index (χ3v) is 5.15. The summed E-state index contributed by atoms with van der Waals surface area (Å²) >= 11 is 17.4. The van der Waals surface area contributed by atoms with Gasteiger partial charge in [0.15, 0.2) is 0 Å². The van der Waals surface area contributed by atoms with E-state index >= 15 is 0 Å². The minimum Gasteiger partial charge on any atom is -0.383 e. The van der Waals surface area contributed by atoms with Crippen LogP contribution in [-0.4, -0.2) is 30.0 Å². The number of hydrogen-bond acceptors (Lipinski definition) is 4. The summed E-state index contributed by atoms with van der Waals surface area (Å²) in [5.41, 5.74) is 1.98. The van der Waals surface area contributed by atoms with Crippen molar-refractivity contribution in [3.63, 3.8) is 0 Å². The molecule has 0 aliphatic carbocycles. The number of ether oxygens (including phenoxy) is 1. The standard InChI is InChI=1S/C13H16BrCl2N3OS/c1-3-17-11(8-6-10(15)21-13(8)16)12-9(14)7-18-19(12)4-5-20-2/h6-7,11,17H,3-5H2,1-2H3. The second-order valence-corrected chi connectivity index (χ2v) is 7.50. The number of rotatable bonds is 7. The van der Waals surface area contributed by atoms with Crippen LogP contribution in [0.25, 0.3) is 0 Å². The Kier molecular flexibility index (Phi) is 6.52. The summed E-state index contributed by atoms with van der Waals surface area (Å²) in [7, 11) is 1.68. The highest BCUT2D eigenvalue weighted by Crippen LogP contribution is 2.39. The van der Waals surface area contributed by atoms with Crippen LogP contribution in [0.3, 0.4) is 0 Å². The molecule has 0 aromatic carbocycles. The molecule has 0 bridgehead atoms. The summed E-state index contributed by atoms with van der Waals surface area (Å²) in [5, 5.41) is 7.84. The molecule has 2 heterocycles. The average Bonchev–Trinajstić information content (AvgIpc) is 2.97. The van der Waals surface area contributed by atoms with Gasteiger partial charge < -0.3 is 10.1 Å². The Morgan fingerprint density at radius 3 is 2.86 bits per heavy atom. The Bertz CT molecular complexity index is 602. The van der Waals surface area contributed by atoms with Gasteiger partial charge in [-0.15, -0.1) is 11.3 Å². The molecule has 1 atom stereocenters. The molecule has 1 unspecified atom stereocenters. The molecular formula is C13H16BrCl2N3OS. The predicted octanol–water partition coefficient (Wildman–Crippen LogP) is 4.36. The van der Waals surface area contributed by atoms with Crippen molar-refractivity contribution in [3.05, 3.63) is 36.7 Å². The molecule has 0 spiro atoms. The third kappa shape index (κ3) is 4.00. The van der Waals surface area contributed by atoms with Crippen LogP contribution in [0.15, 0.2) is 16.7 Å². The molecule has 21 heavy (non-hydrogen) atoms. The van der Waals surface area contributed by atoms with E-state index in [1.165, 1.54) is 11.3 Å². The van der Waals surface area contributed by atoms with E-state index in [0.717, 1.165) is 22.3 Å². The highest BCUT2D eigenvalue weighted by molar-refractivity contribution is 9.10. The molecule has 116 valence electrons. The molecule has 1 N–H and O–H groups in total. The molecule has 0 saturated carbocycles. The number of thiophene rings is 1. The van der Waals surface area contributed by atoms with E-state index in [9.17, 15) is 0 Å². The maximum Gasteiger partial charge on any atom is 0.0996 e. The molecule has 0 aliphatic rings. The first-order valence-corrected chi connectivity index (χ1v) is 8.83. The van der Waals surface area contributed by atoms with Gasteiger partial charge in [0.25, 0.3) is 0 Å². The quantitative estimate of drug-likeness (QED) is 0.734. The maximum absolute atomic E-state index is 6.33. The summed E-state index contributed by atoms with van der Waals surface area (Å²) in [4.78, 5) is 0. The van der Waals surface area contributed by atoms with Crippen LogP contribution >= 0.6 is 50.5 Å². The summed E-state index contributed by atoms with van der Waals surface area (Å²) in [6.07, 6.45) is 1.79. The van der Waals surface area contributed by atoms with Crippen molar-refractivity contribution >= 4 is 50.5 Å². The maximum atomic E-state index is 6.33. The van der Waals surface area contributed by atoms with E-state index in [1.54, 1.807) is 13.3 Å². The zero-order valence-corrected chi connectivity index (χ0v) is 15.6. The Balaban J connectivity index is 2.43. The van der Waals surface area contributed by atoms with E-state index in [2.05, 4.69) is 33.3 Å². The molecule has 0 saturated heterocycles. The van der Waals surface area contributed by atoms with Crippen LogP contribution in [0.1, 0.15) is 24.2 Å². The Hall–Kier alpha value is -0.110. The van der Waals surface area contributed by atoms with Gasteiger partial charge in [0.05, 0.1) is 44.2 Å². The first-order valence-electron chi connectivity index (χ1n) is 6.46. The predicted molar refractivity (Wildman–Crippen MR) is 91.7 cm³/mol. The fourth-order valence-corrected chi connectivity index (χ4v) is 4.18. The molecule has 0 radical (unpaired) electrons. The zero-order chi connectivity index (χ0) is 15.4. The largest absolute Gasteiger partial charge is 0.383 e. The minimum atomic E-state index is -0.0695. The van der Waals surface area contributed by atoms with Gasteiger partial charge in [0.1, 0.15) is 0 Å². The normalized spacial score (nSPS) is 12.8. The van der Waals surface area contributed by atoms with Crippen molar-refractivity contribution in [1.82, 2.24) is 15.1 Å². The van der Waals surface area contributed by atoms with Gasteiger partial charge in [0, 0.05) is 12.7 Å². The molecule has 4 nitrogen and oxygen atoms in total. The second-order valence-electron chi connectivity index (χ2n) is 4.36. The second kappa shape index (κ2) is 7.94. The van der Waals surface area contributed by atoms with Gasteiger partial charge in [-0.05, 0) is 28.5 Å². The van der Waals surface area contributed by atoms with E-state index in [4.69, 9.17) is 27.9 Å². The molecule has 8 heteroatoms. The molecule has 0 fully saturated rings. The lowest BCUT2D eigenvalue weighted by atomic mass is 10.1. The van der Waals surface area contributed by atoms with Crippen LogP contribution < -0.4 is 5.32 Å². The minimum absolute atomic E-state index is 0.0695. The number of nitrogens with one attached hydrogen (secondary N) is 1. The van der Waals surface area contributed by atoms with Crippen LogP contribution in [0.5, 0.6) is 0 Å². The molecule has 2 rings (SSSR count). The average molecular weight is 413 g/mol. The summed E-state index contributed by atoms with van der Waals surface area (Å²) in [6, 6.07) is 1.84. The number of methoxy groups -OCH3 is 1. The van der Waals surface area contributed by atoms with Gasteiger partial charge in [-0.3, -0.25) is 4.68 Å². The lowest BCUT2D eigenvalue weighted by Gasteiger charge is -2.20. The summed E-state index contributed by atoms with van der Waals surface area (Å²) < 4.78 is 9.36. The van der Waals surface area contributed by atoms with E-state index in [0.29, 0.717) is 21.8 Å². The topological polar surface area (TPSA) is 39.1 Å². The first-order chi connectivity index (χ1) is 10.1. The van der Waals surface area contributed by atoms with Crippen LogP contribution in [0.4, 0.5) is 0 Å². The van der Waals surface area contributed by atoms with E-state index in [-0.39, 0.29) is 6.04 Å². The lowest BCUT2D eigenvalue weighted by molar-refractivity contribution is 0.182. The zero-order valence-electron chi connectivity index (χ0n) is 11.7. The SMILES string of the molecule is CCNC(c1cc(Cl)sc1Cl)c1c(Br)cnn1CCOC. The van der Waals surface area contributed by atoms with Crippen molar-refractivity contribution in [2.45, 2.75) is 19.5 Å². The molecule has 2 aromatic rings. The fraction of sp³-hybridized carbons (Fsp3) is 0.462. The highest BCUT2D eigenvalue weighted by atomic mass is 79.9. The number of hydrogen-bond donors (Lipinski definition) is 1. The van der Waals surface area contributed by atoms with Gasteiger partial charge >= 0.3 is 0 Å². The molecule has 0 aliphatic heterocycles. The monoisotopic (exact) mass is 411 g/mol. The molecule has 2 aromatic heterocycles. The van der Waals surface area contributed by atoms with Crippen LogP contribution in [0, 0.1) is 0 Å². The van der Waals surface area contributed by atoms with E-state index < -0.39 is 0 Å². The van der Waals surface area contributed by atoms with Gasteiger partial charge in [-0.1, -0.05) is 30.1 Å². The van der Waals surface area contributed by atoms with Gasteiger partial charge in [-0.25, -0.2) is 0 Å². The molecule has 0 amide bonds. The number of aromatic nitrogens is 2. The third-order valence-electron chi connectivity index (χ3n) is 3.02. The smallest absolute Gasteiger partial charge is 0.0996 e. The van der Waals surface area contributed by atoms with Gasteiger partial charge in [-0.2, -0.15) is 5.10 Å². The number of halogens is 3. The van der Waals surface area contributed by atoms with Crippen molar-refractivity contribution in [1.29, 1.82) is 0 Å². The van der Waals surface area contributed by atoms with E-state index in [1.807, 2.05) is 10.7 Å². The van der Waals surface area contributed by atoms with Crippen LogP contribution in [-0.2, 0) is 11.3 Å². The van der Waals surface area contributed by atoms with Crippen molar-refractivity contribution < 1.29 is 4.74 Å². The Labute approximate surface area is 146 Å². The molecular weight excluding hydrogens is 397 g/mol. The summed E-state index contributed by atoms with van der Waals surface area (Å²) in [5.74, 6) is 0. The van der Waals surface area contributed by atoms with Gasteiger partial charge in [0.2, 0.25) is 0 Å². The van der Waals surface area contributed by atoms with Crippen molar-refractivity contribution in [2.75, 3.05) is 20.3 Å². The fourth-order valence-electron chi connectivity index (χ4n) is 2.12. The highest BCUT2D eigenvalue weighted by Gasteiger charge is 2.24. The Morgan fingerprint density at radius 1 is 1.52 bits per heavy atom. The van der Waals surface area contributed by atoms with Crippen molar-refractivity contribution in [3.8, 4) is 0 Å². The Morgan fingerprint density at radius 2 is 2.29 bits per heavy atom. The van der Waals surface area contributed by atoms with Crippen LogP contribution in [0.2, 0.25) is 8.67 Å². The van der Waals surface area contributed by atoms with Crippen molar-refractivity contribution in [2.24, 2.45) is 0 Å². The first kappa shape index (κ1) is 17.2.